The van der Waals surface area contributed by atoms with Crippen molar-refractivity contribution in [3.63, 3.8) is 0 Å². The molecule has 0 bridgehead atoms. The van der Waals surface area contributed by atoms with Gasteiger partial charge in [-0.1, -0.05) is 27.7 Å². The first-order chi connectivity index (χ1) is 6.89. The minimum absolute atomic E-state index is 0.0532. The van der Waals surface area contributed by atoms with Gasteiger partial charge in [0.05, 0.1) is 5.69 Å². The highest BCUT2D eigenvalue weighted by Crippen LogP contribution is 2.31. The van der Waals surface area contributed by atoms with Crippen LogP contribution >= 0.6 is 0 Å². The van der Waals surface area contributed by atoms with Gasteiger partial charge >= 0.3 is 0 Å². The summed E-state index contributed by atoms with van der Waals surface area (Å²) in [5.74, 6) is 2.78. The second-order valence-corrected chi connectivity index (χ2v) is 5.77. The van der Waals surface area contributed by atoms with Gasteiger partial charge < -0.3 is 10.3 Å². The number of aromatic nitrogens is 2. The fraction of sp³-hybridized carbons (Fsp3) is 0.750. The maximum absolute atomic E-state index is 6.17. The fourth-order valence-corrected chi connectivity index (χ4v) is 2.24. The van der Waals surface area contributed by atoms with E-state index >= 15 is 0 Å². The number of anilines is 1. The van der Waals surface area contributed by atoms with Crippen molar-refractivity contribution in [2.24, 2.45) is 5.92 Å². The lowest BCUT2D eigenvalue weighted by Crippen LogP contribution is -2.19. The van der Waals surface area contributed by atoms with E-state index in [0.717, 1.165) is 30.4 Å². The Bertz CT molecular complexity index is 371. The third-order valence-corrected chi connectivity index (χ3v) is 3.15. The Labute approximate surface area is 91.7 Å². The monoisotopic (exact) mass is 207 g/mol. The van der Waals surface area contributed by atoms with Crippen LogP contribution in [-0.2, 0) is 18.4 Å². The van der Waals surface area contributed by atoms with Gasteiger partial charge in [-0.25, -0.2) is 4.98 Å². The van der Waals surface area contributed by atoms with Crippen molar-refractivity contribution >= 4 is 5.82 Å². The van der Waals surface area contributed by atoms with E-state index in [9.17, 15) is 0 Å². The third-order valence-electron chi connectivity index (χ3n) is 3.15. The van der Waals surface area contributed by atoms with Gasteiger partial charge in [0, 0.05) is 18.4 Å². The zero-order valence-corrected chi connectivity index (χ0v) is 10.2. The predicted octanol–water partition coefficient (Wildman–Crippen LogP) is 2.35. The average molecular weight is 207 g/mol. The molecule has 1 aliphatic heterocycles. The molecule has 1 atom stereocenters. The van der Waals surface area contributed by atoms with Gasteiger partial charge in [0.25, 0.3) is 0 Å². The Kier molecular flexibility index (Phi) is 2.28. The summed E-state index contributed by atoms with van der Waals surface area (Å²) in [6.45, 7) is 9.81. The Hall–Kier alpha value is -0.990. The third kappa shape index (κ3) is 1.75. The number of aryl methyl sites for hydroxylation is 1. The molecule has 1 unspecified atom stereocenters. The van der Waals surface area contributed by atoms with Crippen LogP contribution in [0.5, 0.6) is 0 Å². The first kappa shape index (κ1) is 10.5. The summed E-state index contributed by atoms with van der Waals surface area (Å²) in [7, 11) is 0. The van der Waals surface area contributed by atoms with Gasteiger partial charge in [-0.15, -0.1) is 0 Å². The van der Waals surface area contributed by atoms with Crippen molar-refractivity contribution in [1.29, 1.82) is 0 Å². The topological polar surface area (TPSA) is 43.8 Å². The number of imidazole rings is 1. The standard InChI is InChI=1S/C12H21N3/c1-8-5-6-9-14-10(12(2,3)4)11(13)15(9)7-8/h8H,5-7,13H2,1-4H3. The molecule has 1 aromatic heterocycles. The smallest absolute Gasteiger partial charge is 0.127 e. The summed E-state index contributed by atoms with van der Waals surface area (Å²) in [5.41, 5.74) is 7.29. The second-order valence-electron chi connectivity index (χ2n) is 5.77. The number of hydrogen-bond donors (Lipinski definition) is 1. The fourth-order valence-electron chi connectivity index (χ4n) is 2.24. The molecular formula is C12H21N3. The highest BCUT2D eigenvalue weighted by molar-refractivity contribution is 5.42. The van der Waals surface area contributed by atoms with Crippen molar-refractivity contribution < 1.29 is 0 Å². The number of nitrogen functional groups attached to an aromatic ring is 1. The molecule has 0 saturated heterocycles. The van der Waals surface area contributed by atoms with E-state index in [1.54, 1.807) is 0 Å². The Morgan fingerprint density at radius 3 is 2.67 bits per heavy atom. The Morgan fingerprint density at radius 1 is 1.40 bits per heavy atom. The quantitative estimate of drug-likeness (QED) is 0.709. The molecule has 1 aromatic rings. The molecule has 3 heteroatoms. The van der Waals surface area contributed by atoms with Crippen LogP contribution in [0.1, 0.15) is 45.6 Å². The zero-order valence-electron chi connectivity index (χ0n) is 10.2. The van der Waals surface area contributed by atoms with E-state index in [4.69, 9.17) is 10.7 Å². The maximum atomic E-state index is 6.17. The summed E-state index contributed by atoms with van der Waals surface area (Å²) in [5, 5.41) is 0. The van der Waals surface area contributed by atoms with Crippen LogP contribution in [0.2, 0.25) is 0 Å². The van der Waals surface area contributed by atoms with Gasteiger partial charge in [-0.05, 0) is 12.3 Å². The van der Waals surface area contributed by atoms with Gasteiger partial charge in [0.2, 0.25) is 0 Å². The van der Waals surface area contributed by atoms with Crippen molar-refractivity contribution in [3.8, 4) is 0 Å². The summed E-state index contributed by atoms with van der Waals surface area (Å²) in [6.07, 6.45) is 2.31. The second kappa shape index (κ2) is 3.26. The SMILES string of the molecule is CC1CCc2nc(C(C)(C)C)c(N)n2C1. The van der Waals surface area contributed by atoms with Crippen molar-refractivity contribution in [2.45, 2.75) is 52.5 Å². The molecule has 2 rings (SSSR count). The number of hydrogen-bond acceptors (Lipinski definition) is 2. The van der Waals surface area contributed by atoms with Crippen molar-refractivity contribution in [1.82, 2.24) is 9.55 Å². The molecule has 3 nitrogen and oxygen atoms in total. The van der Waals surface area contributed by atoms with Crippen LogP contribution in [-0.4, -0.2) is 9.55 Å². The Morgan fingerprint density at radius 2 is 2.07 bits per heavy atom. The molecule has 2 heterocycles. The van der Waals surface area contributed by atoms with Gasteiger partial charge in [0.1, 0.15) is 11.6 Å². The average Bonchev–Trinajstić information content (AvgIpc) is 2.43. The van der Waals surface area contributed by atoms with E-state index in [1.165, 1.54) is 12.2 Å². The van der Waals surface area contributed by atoms with Gasteiger partial charge in [-0.2, -0.15) is 0 Å². The lowest BCUT2D eigenvalue weighted by atomic mass is 9.92. The number of nitrogens with zero attached hydrogens (tertiary/aromatic N) is 2. The van der Waals surface area contributed by atoms with E-state index in [-0.39, 0.29) is 5.41 Å². The molecule has 84 valence electrons. The summed E-state index contributed by atoms with van der Waals surface area (Å²) >= 11 is 0. The first-order valence-electron chi connectivity index (χ1n) is 5.75. The van der Waals surface area contributed by atoms with Crippen LogP contribution in [0.3, 0.4) is 0 Å². The largest absolute Gasteiger partial charge is 0.384 e. The van der Waals surface area contributed by atoms with Crippen LogP contribution in [0.25, 0.3) is 0 Å². The molecule has 1 aliphatic rings. The van der Waals surface area contributed by atoms with E-state index in [1.807, 2.05) is 0 Å². The zero-order chi connectivity index (χ0) is 11.2. The summed E-state index contributed by atoms with van der Waals surface area (Å²) < 4.78 is 2.20. The van der Waals surface area contributed by atoms with Crippen LogP contribution in [0, 0.1) is 5.92 Å². The van der Waals surface area contributed by atoms with E-state index in [0.29, 0.717) is 0 Å². The highest BCUT2D eigenvalue weighted by Gasteiger charge is 2.27. The van der Waals surface area contributed by atoms with Gasteiger partial charge in [-0.3, -0.25) is 0 Å². The molecule has 0 amide bonds. The number of nitrogens with two attached hydrogens (primary N) is 1. The van der Waals surface area contributed by atoms with Crippen molar-refractivity contribution in [2.75, 3.05) is 5.73 Å². The van der Waals surface area contributed by atoms with E-state index in [2.05, 4.69) is 32.3 Å². The number of rotatable bonds is 0. The minimum Gasteiger partial charge on any atom is -0.384 e. The van der Waals surface area contributed by atoms with Crippen LogP contribution in [0.15, 0.2) is 0 Å². The highest BCUT2D eigenvalue weighted by atomic mass is 15.2. The predicted molar refractivity (Wildman–Crippen MR) is 62.8 cm³/mol. The molecule has 0 radical (unpaired) electrons. The molecule has 2 N–H and O–H groups in total. The van der Waals surface area contributed by atoms with Gasteiger partial charge in [0.15, 0.2) is 0 Å². The molecule has 0 spiro atoms. The van der Waals surface area contributed by atoms with Crippen LogP contribution in [0.4, 0.5) is 5.82 Å². The molecule has 0 aliphatic carbocycles. The first-order valence-corrected chi connectivity index (χ1v) is 5.75. The minimum atomic E-state index is 0.0532. The number of fused-ring (bicyclic) bond motifs is 1. The van der Waals surface area contributed by atoms with Crippen LogP contribution < -0.4 is 5.73 Å². The molecule has 0 saturated carbocycles. The molecule has 0 aromatic carbocycles. The Balaban J connectivity index is 2.46. The molecular weight excluding hydrogens is 186 g/mol. The lowest BCUT2D eigenvalue weighted by Gasteiger charge is -2.21. The summed E-state index contributed by atoms with van der Waals surface area (Å²) in [4.78, 5) is 4.69. The van der Waals surface area contributed by atoms with E-state index < -0.39 is 0 Å². The van der Waals surface area contributed by atoms with Crippen molar-refractivity contribution in [3.05, 3.63) is 11.5 Å². The molecule has 0 fully saturated rings. The maximum Gasteiger partial charge on any atom is 0.127 e. The normalized spacial score (nSPS) is 21.5. The molecule has 15 heavy (non-hydrogen) atoms. The summed E-state index contributed by atoms with van der Waals surface area (Å²) in [6, 6.07) is 0. The lowest BCUT2D eigenvalue weighted by molar-refractivity contribution is 0.397.